The number of rotatable bonds is 5. The highest BCUT2D eigenvalue weighted by atomic mass is 16.2. The molecule has 4 nitrogen and oxygen atoms in total. The third kappa shape index (κ3) is 4.23. The maximum absolute atomic E-state index is 12.1. The predicted molar refractivity (Wildman–Crippen MR) is 83.6 cm³/mol. The molecule has 1 fully saturated rings. The second-order valence-electron chi connectivity index (χ2n) is 5.53. The van der Waals surface area contributed by atoms with E-state index in [1.165, 1.54) is 32.1 Å². The van der Waals surface area contributed by atoms with Gasteiger partial charge in [0.15, 0.2) is 0 Å². The summed E-state index contributed by atoms with van der Waals surface area (Å²) in [6.45, 7) is 3.52. The van der Waals surface area contributed by atoms with Crippen molar-refractivity contribution in [2.45, 2.75) is 45.1 Å². The lowest BCUT2D eigenvalue weighted by Crippen LogP contribution is -2.41. The first kappa shape index (κ1) is 14.9. The summed E-state index contributed by atoms with van der Waals surface area (Å²) >= 11 is 0. The number of nitrogens with one attached hydrogen (secondary N) is 1. The lowest BCUT2D eigenvalue weighted by molar-refractivity contribution is -0.118. The zero-order valence-electron chi connectivity index (χ0n) is 12.3. The summed E-state index contributed by atoms with van der Waals surface area (Å²) in [6.07, 6.45) is 6.36. The first-order valence-electron chi connectivity index (χ1n) is 7.58. The number of amides is 1. The van der Waals surface area contributed by atoms with E-state index in [0.717, 1.165) is 12.2 Å². The van der Waals surface area contributed by atoms with Crippen molar-refractivity contribution >= 4 is 17.3 Å². The smallest absolute Gasteiger partial charge is 0.238 e. The number of hydrogen-bond acceptors (Lipinski definition) is 3. The van der Waals surface area contributed by atoms with E-state index < -0.39 is 0 Å². The fourth-order valence-corrected chi connectivity index (χ4v) is 2.95. The van der Waals surface area contributed by atoms with Crippen LogP contribution in [0.2, 0.25) is 0 Å². The molecule has 0 aromatic heterocycles. The van der Waals surface area contributed by atoms with Crippen LogP contribution in [0.3, 0.4) is 0 Å². The van der Waals surface area contributed by atoms with Gasteiger partial charge in [-0.05, 0) is 37.6 Å². The van der Waals surface area contributed by atoms with Crippen LogP contribution in [0.5, 0.6) is 0 Å². The largest absolute Gasteiger partial charge is 0.399 e. The zero-order valence-corrected chi connectivity index (χ0v) is 12.3. The van der Waals surface area contributed by atoms with Gasteiger partial charge in [0.1, 0.15) is 0 Å². The quantitative estimate of drug-likeness (QED) is 0.812. The van der Waals surface area contributed by atoms with E-state index in [0.29, 0.717) is 18.3 Å². The fraction of sp³-hybridized carbons (Fsp3) is 0.562. The van der Waals surface area contributed by atoms with Gasteiger partial charge in [-0.2, -0.15) is 0 Å². The zero-order chi connectivity index (χ0) is 14.4. The second kappa shape index (κ2) is 7.29. The van der Waals surface area contributed by atoms with E-state index in [4.69, 9.17) is 5.73 Å². The maximum atomic E-state index is 12.1. The second-order valence-corrected chi connectivity index (χ2v) is 5.53. The highest BCUT2D eigenvalue weighted by Gasteiger charge is 2.21. The Bertz CT molecular complexity index is 441. The Morgan fingerprint density at radius 1 is 1.35 bits per heavy atom. The van der Waals surface area contributed by atoms with Crippen molar-refractivity contribution in [3.8, 4) is 0 Å². The van der Waals surface area contributed by atoms with Crippen LogP contribution in [0.15, 0.2) is 24.3 Å². The summed E-state index contributed by atoms with van der Waals surface area (Å²) in [5, 5.41) is 2.93. The molecule has 1 amide bonds. The third-order valence-corrected chi connectivity index (χ3v) is 4.01. The number of carbonyl (C=O) groups excluding carboxylic acids is 1. The van der Waals surface area contributed by atoms with Crippen LogP contribution in [-0.2, 0) is 4.79 Å². The number of anilines is 2. The van der Waals surface area contributed by atoms with Crippen molar-refractivity contribution in [2.75, 3.05) is 24.1 Å². The van der Waals surface area contributed by atoms with Crippen molar-refractivity contribution < 1.29 is 4.79 Å². The number of hydrogen-bond donors (Lipinski definition) is 2. The van der Waals surface area contributed by atoms with Crippen LogP contribution in [0.25, 0.3) is 0 Å². The molecule has 3 N–H and O–H groups in total. The Morgan fingerprint density at radius 2 is 2.10 bits per heavy atom. The number of nitrogen functional groups attached to an aromatic ring is 1. The minimum Gasteiger partial charge on any atom is -0.399 e. The van der Waals surface area contributed by atoms with Crippen LogP contribution < -0.4 is 11.1 Å². The van der Waals surface area contributed by atoms with E-state index >= 15 is 0 Å². The van der Waals surface area contributed by atoms with E-state index in [2.05, 4.69) is 17.1 Å². The summed E-state index contributed by atoms with van der Waals surface area (Å²) in [5.74, 6) is 0.0445. The molecule has 0 saturated heterocycles. The summed E-state index contributed by atoms with van der Waals surface area (Å²) < 4.78 is 0. The highest BCUT2D eigenvalue weighted by Crippen LogP contribution is 2.22. The van der Waals surface area contributed by atoms with Crippen molar-refractivity contribution in [3.63, 3.8) is 0 Å². The number of nitrogens with zero attached hydrogens (tertiary/aromatic N) is 1. The van der Waals surface area contributed by atoms with E-state index in [1.807, 2.05) is 18.2 Å². The molecule has 1 aliphatic rings. The molecule has 0 bridgehead atoms. The van der Waals surface area contributed by atoms with Crippen molar-refractivity contribution in [2.24, 2.45) is 0 Å². The van der Waals surface area contributed by atoms with Crippen LogP contribution in [-0.4, -0.2) is 29.9 Å². The first-order chi connectivity index (χ1) is 9.69. The molecule has 0 unspecified atom stereocenters. The van der Waals surface area contributed by atoms with Crippen molar-refractivity contribution in [1.29, 1.82) is 0 Å². The Morgan fingerprint density at radius 3 is 2.75 bits per heavy atom. The molecule has 1 saturated carbocycles. The molecule has 1 aromatic rings. The molecule has 20 heavy (non-hydrogen) atoms. The summed E-state index contributed by atoms with van der Waals surface area (Å²) in [4.78, 5) is 14.4. The summed E-state index contributed by atoms with van der Waals surface area (Å²) in [6, 6.07) is 7.89. The third-order valence-electron chi connectivity index (χ3n) is 4.01. The van der Waals surface area contributed by atoms with Crippen LogP contribution >= 0.6 is 0 Å². The van der Waals surface area contributed by atoms with Gasteiger partial charge in [-0.25, -0.2) is 0 Å². The van der Waals surface area contributed by atoms with Crippen molar-refractivity contribution in [3.05, 3.63) is 24.3 Å². The number of likely N-dealkylation sites (N-methyl/N-ethyl adjacent to an activating group) is 1. The van der Waals surface area contributed by atoms with Crippen molar-refractivity contribution in [1.82, 2.24) is 4.90 Å². The van der Waals surface area contributed by atoms with Gasteiger partial charge in [0.2, 0.25) is 5.91 Å². The minimum absolute atomic E-state index is 0.0445. The van der Waals surface area contributed by atoms with E-state index in [1.54, 1.807) is 6.07 Å². The number of benzene rings is 1. The van der Waals surface area contributed by atoms with E-state index in [9.17, 15) is 4.79 Å². The highest BCUT2D eigenvalue weighted by molar-refractivity contribution is 5.92. The Balaban J connectivity index is 1.88. The van der Waals surface area contributed by atoms with Crippen LogP contribution in [0.1, 0.15) is 39.0 Å². The maximum Gasteiger partial charge on any atom is 0.238 e. The molecule has 0 aliphatic heterocycles. The molecular weight excluding hydrogens is 250 g/mol. The average Bonchev–Trinajstić information content (AvgIpc) is 2.45. The SMILES string of the molecule is CCN(CC(=O)Nc1cccc(N)c1)C1CCCCC1. The van der Waals surface area contributed by atoms with Gasteiger partial charge in [0, 0.05) is 17.4 Å². The average molecular weight is 275 g/mol. The molecule has 1 aliphatic carbocycles. The topological polar surface area (TPSA) is 58.4 Å². The molecule has 110 valence electrons. The molecule has 0 radical (unpaired) electrons. The Hall–Kier alpha value is -1.55. The first-order valence-corrected chi connectivity index (χ1v) is 7.58. The van der Waals surface area contributed by atoms with Gasteiger partial charge in [-0.3, -0.25) is 9.69 Å². The molecule has 0 atom stereocenters. The predicted octanol–water partition coefficient (Wildman–Crippen LogP) is 2.86. The lowest BCUT2D eigenvalue weighted by Gasteiger charge is -2.32. The molecular formula is C16H25N3O. The molecule has 2 rings (SSSR count). The summed E-state index contributed by atoms with van der Waals surface area (Å²) in [7, 11) is 0. The normalized spacial score (nSPS) is 16.3. The minimum atomic E-state index is 0.0445. The molecule has 4 heteroatoms. The summed E-state index contributed by atoms with van der Waals surface area (Å²) in [5.41, 5.74) is 7.16. The Kier molecular flexibility index (Phi) is 5.41. The molecule has 1 aromatic carbocycles. The van der Waals surface area contributed by atoms with Crippen LogP contribution in [0.4, 0.5) is 11.4 Å². The fourth-order valence-electron chi connectivity index (χ4n) is 2.95. The number of nitrogens with two attached hydrogens (primary N) is 1. The van der Waals surface area contributed by atoms with Gasteiger partial charge in [0.25, 0.3) is 0 Å². The van der Waals surface area contributed by atoms with E-state index in [-0.39, 0.29) is 5.91 Å². The van der Waals surface area contributed by atoms with Gasteiger partial charge < -0.3 is 11.1 Å². The molecule has 0 spiro atoms. The number of carbonyl (C=O) groups is 1. The standard InChI is InChI=1S/C16H25N3O/c1-2-19(15-9-4-3-5-10-15)12-16(20)18-14-8-6-7-13(17)11-14/h6-8,11,15H,2-5,9-10,12,17H2,1H3,(H,18,20). The van der Waals surface area contributed by atoms with Gasteiger partial charge in [-0.15, -0.1) is 0 Å². The van der Waals surface area contributed by atoms with Crippen LogP contribution in [0, 0.1) is 0 Å². The van der Waals surface area contributed by atoms with Gasteiger partial charge in [0.05, 0.1) is 6.54 Å². The monoisotopic (exact) mass is 275 g/mol. The molecule has 0 heterocycles. The Labute approximate surface area is 121 Å². The van der Waals surface area contributed by atoms with Gasteiger partial charge >= 0.3 is 0 Å². The lowest BCUT2D eigenvalue weighted by atomic mass is 9.94. The van der Waals surface area contributed by atoms with Gasteiger partial charge in [-0.1, -0.05) is 32.3 Å².